The molecule has 6 nitrogen and oxygen atoms in total. The third-order valence-electron chi connectivity index (χ3n) is 5.61. The lowest BCUT2D eigenvalue weighted by Crippen LogP contribution is -2.48. The highest BCUT2D eigenvalue weighted by Crippen LogP contribution is 2.43. The Morgan fingerprint density at radius 1 is 1.03 bits per heavy atom. The molecule has 1 saturated carbocycles. The topological polar surface area (TPSA) is 77.5 Å². The Kier molecular flexibility index (Phi) is 7.33. The second kappa shape index (κ2) is 10.1. The zero-order chi connectivity index (χ0) is 21.4. The van der Waals surface area contributed by atoms with Crippen molar-refractivity contribution in [3.8, 4) is 0 Å². The van der Waals surface area contributed by atoms with Crippen LogP contribution >= 0.6 is 0 Å². The van der Waals surface area contributed by atoms with E-state index in [1.807, 2.05) is 38.1 Å². The highest BCUT2D eigenvalue weighted by Gasteiger charge is 2.38. The number of hydrogen-bond acceptors (Lipinski definition) is 2. The van der Waals surface area contributed by atoms with Crippen LogP contribution in [-0.2, 0) is 12.0 Å². The molecule has 0 bridgehead atoms. The fraction of sp³-hybridized carbons (Fsp3) is 0.417. The van der Waals surface area contributed by atoms with Gasteiger partial charge in [0.2, 0.25) is 0 Å². The van der Waals surface area contributed by atoms with Gasteiger partial charge < -0.3 is 21.3 Å². The average molecular weight is 408 g/mol. The first-order valence-corrected chi connectivity index (χ1v) is 10.7. The fourth-order valence-electron chi connectivity index (χ4n) is 3.76. The third-order valence-corrected chi connectivity index (χ3v) is 5.61. The van der Waals surface area contributed by atoms with Gasteiger partial charge in [-0.25, -0.2) is 4.79 Å². The van der Waals surface area contributed by atoms with Gasteiger partial charge in [0.25, 0.3) is 0 Å². The molecule has 0 saturated heterocycles. The Morgan fingerprint density at radius 3 is 2.30 bits per heavy atom. The molecule has 1 aliphatic carbocycles. The molecule has 0 atom stereocenters. The smallest absolute Gasteiger partial charge is 0.319 e. The van der Waals surface area contributed by atoms with E-state index < -0.39 is 0 Å². The van der Waals surface area contributed by atoms with E-state index in [9.17, 15) is 4.79 Å². The SMILES string of the molecule is CN=C(NCc1ccc(NC(=O)NC(C)C)cc1)NCC1(c2ccccc2)CCC1. The number of hydrogen-bond donors (Lipinski definition) is 4. The predicted octanol–water partition coefficient (Wildman–Crippen LogP) is 4.00. The van der Waals surface area contributed by atoms with Crippen LogP contribution in [0.3, 0.4) is 0 Å². The minimum Gasteiger partial charge on any atom is -0.356 e. The lowest BCUT2D eigenvalue weighted by Gasteiger charge is -2.43. The molecule has 0 aromatic heterocycles. The van der Waals surface area contributed by atoms with Crippen molar-refractivity contribution in [2.75, 3.05) is 18.9 Å². The standard InChI is InChI=1S/C24H33N5O/c1-18(2)28-23(30)29-21-12-10-19(11-13-21)16-26-22(25-3)27-17-24(14-7-15-24)20-8-5-4-6-9-20/h4-6,8-13,18H,7,14-17H2,1-3H3,(H2,25,26,27)(H2,28,29,30). The van der Waals surface area contributed by atoms with Gasteiger partial charge in [-0.3, -0.25) is 4.99 Å². The maximum absolute atomic E-state index is 11.8. The summed E-state index contributed by atoms with van der Waals surface area (Å²) in [5, 5.41) is 12.5. The minimum atomic E-state index is -0.191. The van der Waals surface area contributed by atoms with Gasteiger partial charge in [-0.05, 0) is 49.9 Å². The summed E-state index contributed by atoms with van der Waals surface area (Å²) in [6, 6.07) is 18.5. The zero-order valence-electron chi connectivity index (χ0n) is 18.2. The Balaban J connectivity index is 1.49. The maximum Gasteiger partial charge on any atom is 0.319 e. The number of nitrogens with one attached hydrogen (secondary N) is 4. The fourth-order valence-corrected chi connectivity index (χ4v) is 3.76. The number of rotatable bonds is 7. The first-order chi connectivity index (χ1) is 14.5. The third kappa shape index (κ3) is 5.75. The summed E-state index contributed by atoms with van der Waals surface area (Å²) in [6.45, 7) is 5.41. The zero-order valence-corrected chi connectivity index (χ0v) is 18.2. The summed E-state index contributed by atoms with van der Waals surface area (Å²) in [5.74, 6) is 0.802. The predicted molar refractivity (Wildman–Crippen MR) is 124 cm³/mol. The number of amides is 2. The van der Waals surface area contributed by atoms with Crippen LogP contribution in [0.25, 0.3) is 0 Å². The van der Waals surface area contributed by atoms with Crippen LogP contribution < -0.4 is 21.3 Å². The number of anilines is 1. The summed E-state index contributed by atoms with van der Waals surface area (Å²) < 4.78 is 0. The van der Waals surface area contributed by atoms with Crippen molar-refractivity contribution in [3.05, 3.63) is 65.7 Å². The number of guanidine groups is 1. The largest absolute Gasteiger partial charge is 0.356 e. The van der Waals surface area contributed by atoms with Gasteiger partial charge in [0.05, 0.1) is 0 Å². The van der Waals surface area contributed by atoms with E-state index in [0.717, 1.165) is 23.8 Å². The van der Waals surface area contributed by atoms with E-state index >= 15 is 0 Å². The van der Waals surface area contributed by atoms with Crippen molar-refractivity contribution in [2.24, 2.45) is 4.99 Å². The average Bonchev–Trinajstić information content (AvgIpc) is 2.70. The van der Waals surface area contributed by atoms with Gasteiger partial charge in [0, 0.05) is 37.3 Å². The summed E-state index contributed by atoms with van der Waals surface area (Å²) >= 11 is 0. The summed E-state index contributed by atoms with van der Waals surface area (Å²) in [7, 11) is 1.80. The highest BCUT2D eigenvalue weighted by atomic mass is 16.2. The maximum atomic E-state index is 11.8. The van der Waals surface area contributed by atoms with Crippen molar-refractivity contribution in [1.29, 1.82) is 0 Å². The molecule has 0 heterocycles. The molecule has 0 radical (unpaired) electrons. The van der Waals surface area contributed by atoms with Gasteiger partial charge >= 0.3 is 6.03 Å². The van der Waals surface area contributed by atoms with Gasteiger partial charge in [-0.1, -0.05) is 48.9 Å². The van der Waals surface area contributed by atoms with Crippen LogP contribution in [0.4, 0.5) is 10.5 Å². The van der Waals surface area contributed by atoms with Crippen LogP contribution in [0.5, 0.6) is 0 Å². The van der Waals surface area contributed by atoms with E-state index in [0.29, 0.717) is 6.54 Å². The van der Waals surface area contributed by atoms with Crippen LogP contribution in [0.1, 0.15) is 44.2 Å². The Labute approximate surface area is 179 Å². The van der Waals surface area contributed by atoms with E-state index in [1.165, 1.54) is 24.8 Å². The Morgan fingerprint density at radius 2 is 1.73 bits per heavy atom. The molecule has 30 heavy (non-hydrogen) atoms. The lowest BCUT2D eigenvalue weighted by molar-refractivity contribution is 0.244. The highest BCUT2D eigenvalue weighted by molar-refractivity contribution is 5.89. The van der Waals surface area contributed by atoms with Gasteiger partial charge in [0.15, 0.2) is 5.96 Å². The van der Waals surface area contributed by atoms with Crippen molar-refractivity contribution in [2.45, 2.75) is 51.1 Å². The van der Waals surface area contributed by atoms with Crippen molar-refractivity contribution >= 4 is 17.7 Å². The summed E-state index contributed by atoms with van der Waals surface area (Å²) in [5.41, 5.74) is 3.51. The van der Waals surface area contributed by atoms with E-state index in [-0.39, 0.29) is 17.5 Å². The molecule has 1 aliphatic rings. The van der Waals surface area contributed by atoms with E-state index in [2.05, 4.69) is 56.6 Å². The van der Waals surface area contributed by atoms with Crippen molar-refractivity contribution in [3.63, 3.8) is 0 Å². The number of aliphatic imine (C=N–C) groups is 1. The molecular formula is C24H33N5O. The molecule has 2 aromatic rings. The van der Waals surface area contributed by atoms with E-state index in [1.54, 1.807) is 7.05 Å². The normalized spacial score (nSPS) is 15.3. The van der Waals surface area contributed by atoms with Gasteiger partial charge in [-0.15, -0.1) is 0 Å². The minimum absolute atomic E-state index is 0.105. The monoisotopic (exact) mass is 407 g/mol. The van der Waals surface area contributed by atoms with Crippen LogP contribution in [0.15, 0.2) is 59.6 Å². The number of carbonyl (C=O) groups is 1. The molecule has 0 spiro atoms. The molecule has 2 amide bonds. The second-order valence-corrected chi connectivity index (χ2v) is 8.23. The number of nitrogens with zero attached hydrogens (tertiary/aromatic N) is 1. The molecule has 160 valence electrons. The van der Waals surface area contributed by atoms with Gasteiger partial charge in [0.1, 0.15) is 0 Å². The molecule has 6 heteroatoms. The van der Waals surface area contributed by atoms with Crippen LogP contribution in [0.2, 0.25) is 0 Å². The van der Waals surface area contributed by atoms with Gasteiger partial charge in [-0.2, -0.15) is 0 Å². The van der Waals surface area contributed by atoms with Crippen LogP contribution in [0, 0.1) is 0 Å². The molecule has 2 aromatic carbocycles. The Bertz CT molecular complexity index is 842. The Hall–Kier alpha value is -3.02. The molecule has 0 aliphatic heterocycles. The number of benzene rings is 2. The first kappa shape index (κ1) is 21.7. The molecule has 1 fully saturated rings. The quantitative estimate of drug-likeness (QED) is 0.414. The van der Waals surface area contributed by atoms with Crippen molar-refractivity contribution in [1.82, 2.24) is 16.0 Å². The molecular weight excluding hydrogens is 374 g/mol. The van der Waals surface area contributed by atoms with E-state index in [4.69, 9.17) is 0 Å². The first-order valence-electron chi connectivity index (χ1n) is 10.7. The molecule has 4 N–H and O–H groups in total. The van der Waals surface area contributed by atoms with Crippen molar-refractivity contribution < 1.29 is 4.79 Å². The van der Waals surface area contributed by atoms with Crippen LogP contribution in [-0.4, -0.2) is 31.6 Å². The molecule has 0 unspecified atom stereocenters. The second-order valence-electron chi connectivity index (χ2n) is 8.23. The molecule has 3 rings (SSSR count). The lowest BCUT2D eigenvalue weighted by atomic mass is 9.64. The summed E-state index contributed by atoms with van der Waals surface area (Å²) in [6.07, 6.45) is 3.69. The number of carbonyl (C=O) groups excluding carboxylic acids is 1. The number of urea groups is 1. The summed E-state index contributed by atoms with van der Waals surface area (Å²) in [4.78, 5) is 16.2.